The first kappa shape index (κ1) is 12.5. The van der Waals surface area contributed by atoms with Crippen molar-refractivity contribution < 1.29 is 4.79 Å². The number of nitrogen functional groups attached to an aromatic ring is 1. The Morgan fingerprint density at radius 1 is 1.50 bits per heavy atom. The minimum Gasteiger partial charge on any atom is -0.383 e. The molecule has 5 heteroatoms. The van der Waals surface area contributed by atoms with Crippen LogP contribution >= 0.6 is 0 Å². The summed E-state index contributed by atoms with van der Waals surface area (Å²) in [6.07, 6.45) is 1.52. The third-order valence-electron chi connectivity index (χ3n) is 2.24. The van der Waals surface area contributed by atoms with Crippen LogP contribution in [0.2, 0.25) is 0 Å². The van der Waals surface area contributed by atoms with Crippen molar-refractivity contribution in [2.24, 2.45) is 5.92 Å². The van der Waals surface area contributed by atoms with Crippen LogP contribution in [0.5, 0.6) is 0 Å². The Hall–Kier alpha value is -1.52. The fraction of sp³-hybridized carbons (Fsp3) is 0.636. The quantitative estimate of drug-likeness (QED) is 0.812. The van der Waals surface area contributed by atoms with Gasteiger partial charge < -0.3 is 11.1 Å². The van der Waals surface area contributed by atoms with Crippen LogP contribution in [-0.4, -0.2) is 22.2 Å². The van der Waals surface area contributed by atoms with Crippen molar-refractivity contribution in [1.29, 1.82) is 0 Å². The standard InChI is InChI=1S/C11H20N4O/c1-7(2)5-13-11(16)9-6-14-15(8(3)4)10(9)12/h6-8H,5,12H2,1-4H3,(H,13,16). The number of aromatic nitrogens is 2. The van der Waals surface area contributed by atoms with Gasteiger partial charge in [-0.1, -0.05) is 13.8 Å². The molecule has 1 rings (SSSR count). The van der Waals surface area contributed by atoms with Gasteiger partial charge in [0.2, 0.25) is 0 Å². The molecule has 0 spiro atoms. The highest BCUT2D eigenvalue weighted by atomic mass is 16.1. The van der Waals surface area contributed by atoms with E-state index in [0.717, 1.165) is 0 Å². The number of nitrogens with two attached hydrogens (primary N) is 1. The average molecular weight is 224 g/mol. The molecule has 5 nitrogen and oxygen atoms in total. The maximum absolute atomic E-state index is 11.8. The van der Waals surface area contributed by atoms with Crippen molar-refractivity contribution in [3.8, 4) is 0 Å². The van der Waals surface area contributed by atoms with E-state index in [1.165, 1.54) is 6.20 Å². The summed E-state index contributed by atoms with van der Waals surface area (Å²) in [6.45, 7) is 8.67. The third kappa shape index (κ3) is 2.74. The third-order valence-corrected chi connectivity index (χ3v) is 2.24. The van der Waals surface area contributed by atoms with Gasteiger partial charge in [-0.15, -0.1) is 0 Å². The summed E-state index contributed by atoms with van der Waals surface area (Å²) < 4.78 is 1.64. The molecular formula is C11H20N4O. The SMILES string of the molecule is CC(C)CNC(=O)c1cnn(C(C)C)c1N. The lowest BCUT2D eigenvalue weighted by Crippen LogP contribution is -2.27. The number of anilines is 1. The Labute approximate surface area is 96.0 Å². The molecule has 0 atom stereocenters. The molecule has 16 heavy (non-hydrogen) atoms. The van der Waals surface area contributed by atoms with Crippen LogP contribution in [0.3, 0.4) is 0 Å². The molecular weight excluding hydrogens is 204 g/mol. The Bertz CT molecular complexity index is 368. The van der Waals surface area contributed by atoms with E-state index in [-0.39, 0.29) is 11.9 Å². The molecule has 0 saturated heterocycles. The first-order chi connectivity index (χ1) is 7.43. The van der Waals surface area contributed by atoms with Crippen molar-refractivity contribution in [2.45, 2.75) is 33.7 Å². The molecule has 0 fully saturated rings. The van der Waals surface area contributed by atoms with Crippen molar-refractivity contribution in [3.05, 3.63) is 11.8 Å². The predicted octanol–water partition coefficient (Wildman–Crippen LogP) is 1.43. The Morgan fingerprint density at radius 2 is 2.12 bits per heavy atom. The summed E-state index contributed by atoms with van der Waals surface area (Å²) in [7, 11) is 0. The van der Waals surface area contributed by atoms with Gasteiger partial charge in [0.25, 0.3) is 5.91 Å². The maximum atomic E-state index is 11.8. The van der Waals surface area contributed by atoms with Crippen LogP contribution in [0, 0.1) is 5.92 Å². The van der Waals surface area contributed by atoms with Gasteiger partial charge >= 0.3 is 0 Å². The van der Waals surface area contributed by atoms with Gasteiger partial charge in [0.05, 0.1) is 6.20 Å². The van der Waals surface area contributed by atoms with Gasteiger partial charge in [0, 0.05) is 12.6 Å². The maximum Gasteiger partial charge on any atom is 0.256 e. The summed E-state index contributed by atoms with van der Waals surface area (Å²) in [5.41, 5.74) is 6.30. The van der Waals surface area contributed by atoms with Gasteiger partial charge in [-0.05, 0) is 19.8 Å². The topological polar surface area (TPSA) is 72.9 Å². The van der Waals surface area contributed by atoms with Crippen LogP contribution < -0.4 is 11.1 Å². The minimum absolute atomic E-state index is 0.155. The largest absolute Gasteiger partial charge is 0.383 e. The number of hydrogen-bond donors (Lipinski definition) is 2. The monoisotopic (exact) mass is 224 g/mol. The molecule has 1 aromatic rings. The van der Waals surface area contributed by atoms with E-state index >= 15 is 0 Å². The number of hydrogen-bond acceptors (Lipinski definition) is 3. The van der Waals surface area contributed by atoms with Gasteiger partial charge in [-0.2, -0.15) is 5.10 Å². The number of nitrogens with one attached hydrogen (secondary N) is 1. The highest BCUT2D eigenvalue weighted by Crippen LogP contribution is 2.15. The van der Waals surface area contributed by atoms with E-state index in [1.54, 1.807) is 4.68 Å². The molecule has 1 amide bonds. The van der Waals surface area contributed by atoms with E-state index < -0.39 is 0 Å². The van der Waals surface area contributed by atoms with Crippen LogP contribution in [0.1, 0.15) is 44.1 Å². The van der Waals surface area contributed by atoms with Crippen LogP contribution in [0.25, 0.3) is 0 Å². The van der Waals surface area contributed by atoms with E-state index in [2.05, 4.69) is 10.4 Å². The van der Waals surface area contributed by atoms with Crippen molar-refractivity contribution >= 4 is 11.7 Å². The highest BCUT2D eigenvalue weighted by molar-refractivity contribution is 5.98. The number of carbonyl (C=O) groups excluding carboxylic acids is 1. The predicted molar refractivity (Wildman–Crippen MR) is 64.2 cm³/mol. The Morgan fingerprint density at radius 3 is 2.56 bits per heavy atom. The zero-order valence-corrected chi connectivity index (χ0v) is 10.3. The molecule has 0 unspecified atom stereocenters. The normalized spacial score (nSPS) is 11.1. The molecule has 0 radical (unpaired) electrons. The fourth-order valence-electron chi connectivity index (χ4n) is 1.35. The van der Waals surface area contributed by atoms with Gasteiger partial charge in [0.15, 0.2) is 0 Å². The van der Waals surface area contributed by atoms with Crippen molar-refractivity contribution in [3.63, 3.8) is 0 Å². The summed E-state index contributed by atoms with van der Waals surface area (Å²) in [4.78, 5) is 11.8. The zero-order valence-electron chi connectivity index (χ0n) is 10.3. The van der Waals surface area contributed by atoms with Crippen molar-refractivity contribution in [1.82, 2.24) is 15.1 Å². The molecule has 0 aliphatic rings. The molecule has 0 aliphatic carbocycles. The lowest BCUT2D eigenvalue weighted by molar-refractivity contribution is 0.0950. The summed E-state index contributed by atoms with van der Waals surface area (Å²) >= 11 is 0. The summed E-state index contributed by atoms with van der Waals surface area (Å²) in [5.74, 6) is 0.694. The van der Waals surface area contributed by atoms with Crippen LogP contribution in [0.15, 0.2) is 6.20 Å². The van der Waals surface area contributed by atoms with E-state index in [1.807, 2.05) is 27.7 Å². The molecule has 3 N–H and O–H groups in total. The van der Waals surface area contributed by atoms with Crippen LogP contribution in [-0.2, 0) is 0 Å². The van der Waals surface area contributed by atoms with Gasteiger partial charge in [-0.3, -0.25) is 4.79 Å². The first-order valence-corrected chi connectivity index (χ1v) is 5.54. The number of nitrogens with zero attached hydrogens (tertiary/aromatic N) is 2. The van der Waals surface area contributed by atoms with E-state index in [9.17, 15) is 4.79 Å². The fourth-order valence-corrected chi connectivity index (χ4v) is 1.35. The Balaban J connectivity index is 2.77. The van der Waals surface area contributed by atoms with Crippen LogP contribution in [0.4, 0.5) is 5.82 Å². The molecule has 0 saturated carbocycles. The van der Waals surface area contributed by atoms with Crippen molar-refractivity contribution in [2.75, 3.05) is 12.3 Å². The van der Waals surface area contributed by atoms with E-state index in [4.69, 9.17) is 5.73 Å². The highest BCUT2D eigenvalue weighted by Gasteiger charge is 2.16. The average Bonchev–Trinajstić information content (AvgIpc) is 2.56. The molecule has 0 aromatic carbocycles. The minimum atomic E-state index is -0.155. The lowest BCUT2D eigenvalue weighted by atomic mass is 10.2. The summed E-state index contributed by atoms with van der Waals surface area (Å²) in [6, 6.07) is 0.159. The number of carbonyl (C=O) groups is 1. The molecule has 1 heterocycles. The molecule has 0 bridgehead atoms. The zero-order chi connectivity index (χ0) is 12.3. The van der Waals surface area contributed by atoms with Gasteiger partial charge in [0.1, 0.15) is 11.4 Å². The molecule has 90 valence electrons. The number of amides is 1. The molecule has 1 aromatic heterocycles. The summed E-state index contributed by atoms with van der Waals surface area (Å²) in [5, 5.41) is 6.91. The van der Waals surface area contributed by atoms with Gasteiger partial charge in [-0.25, -0.2) is 4.68 Å². The second-order valence-electron chi connectivity index (χ2n) is 4.59. The van der Waals surface area contributed by atoms with E-state index in [0.29, 0.717) is 23.8 Å². The second-order valence-corrected chi connectivity index (χ2v) is 4.59. The second kappa shape index (κ2) is 5.01. The lowest BCUT2D eigenvalue weighted by Gasteiger charge is -2.09. The number of rotatable bonds is 4. The first-order valence-electron chi connectivity index (χ1n) is 5.54. The molecule has 0 aliphatic heterocycles. The Kier molecular flexibility index (Phi) is 3.93. The smallest absolute Gasteiger partial charge is 0.256 e.